The second kappa shape index (κ2) is 5.70. The van der Waals surface area contributed by atoms with Crippen molar-refractivity contribution in [3.8, 4) is 11.5 Å². The summed E-state index contributed by atoms with van der Waals surface area (Å²) in [5, 5.41) is 0. The number of benzene rings is 2. The van der Waals surface area contributed by atoms with Gasteiger partial charge >= 0.3 is 0 Å². The van der Waals surface area contributed by atoms with Crippen LogP contribution < -0.4 is 9.47 Å². The maximum Gasteiger partial charge on any atom is 0.230 e. The Morgan fingerprint density at radius 2 is 1.59 bits per heavy atom. The zero-order chi connectivity index (χ0) is 11.9. The second-order valence-corrected chi connectivity index (χ2v) is 3.38. The topological polar surface area (TPSA) is 35.5 Å². The van der Waals surface area contributed by atoms with Crippen molar-refractivity contribution < 1.29 is 14.3 Å². The molecule has 2 aromatic rings. The zero-order valence-electron chi connectivity index (χ0n) is 9.21. The van der Waals surface area contributed by atoms with E-state index in [1.165, 1.54) is 0 Å². The first-order chi connectivity index (χ1) is 8.40. The Morgan fingerprint density at radius 3 is 2.35 bits per heavy atom. The van der Waals surface area contributed by atoms with E-state index in [0.717, 1.165) is 12.0 Å². The van der Waals surface area contributed by atoms with E-state index in [2.05, 4.69) is 0 Å². The number of hydrogen-bond donors (Lipinski definition) is 0. The molecule has 0 heterocycles. The molecule has 0 atom stereocenters. The Balaban J connectivity index is 1.92. The van der Waals surface area contributed by atoms with Gasteiger partial charge in [-0.2, -0.15) is 0 Å². The van der Waals surface area contributed by atoms with E-state index in [4.69, 9.17) is 9.47 Å². The molecule has 0 unspecified atom stereocenters. The third kappa shape index (κ3) is 3.08. The van der Waals surface area contributed by atoms with Gasteiger partial charge in [-0.1, -0.05) is 30.3 Å². The summed E-state index contributed by atoms with van der Waals surface area (Å²) in [5.74, 6) is 1.26. The van der Waals surface area contributed by atoms with Gasteiger partial charge in [0.2, 0.25) is 6.79 Å². The first-order valence-corrected chi connectivity index (χ1v) is 5.25. The highest BCUT2D eigenvalue weighted by molar-refractivity contribution is 5.79. The largest absolute Gasteiger partial charge is 0.458 e. The number of carbonyl (C=O) groups excluding carboxylic acids is 1. The fraction of sp³-hybridized carbons (Fsp3) is 0.0714. The fourth-order valence-electron chi connectivity index (χ4n) is 1.39. The van der Waals surface area contributed by atoms with Crippen LogP contribution in [0.2, 0.25) is 0 Å². The van der Waals surface area contributed by atoms with Crippen molar-refractivity contribution in [2.45, 2.75) is 0 Å². The van der Waals surface area contributed by atoms with E-state index in [1.807, 2.05) is 36.4 Å². The van der Waals surface area contributed by atoms with Crippen LogP contribution in [-0.2, 0) is 0 Å². The number of rotatable bonds is 5. The number of hydrogen-bond acceptors (Lipinski definition) is 3. The van der Waals surface area contributed by atoms with Gasteiger partial charge in [0.1, 0.15) is 11.5 Å². The lowest BCUT2D eigenvalue weighted by Gasteiger charge is -2.09. The van der Waals surface area contributed by atoms with Gasteiger partial charge in [-0.3, -0.25) is 4.79 Å². The monoisotopic (exact) mass is 228 g/mol. The van der Waals surface area contributed by atoms with Gasteiger partial charge in [0.05, 0.1) is 5.56 Å². The van der Waals surface area contributed by atoms with Crippen LogP contribution in [0.3, 0.4) is 0 Å². The molecule has 0 aromatic heterocycles. The molecule has 0 radical (unpaired) electrons. The minimum atomic E-state index is 0.0782. The summed E-state index contributed by atoms with van der Waals surface area (Å²) in [5.41, 5.74) is 0.518. The molecule has 0 N–H and O–H groups in total. The molecule has 0 aliphatic carbocycles. The summed E-state index contributed by atoms with van der Waals surface area (Å²) in [4.78, 5) is 10.7. The van der Waals surface area contributed by atoms with Crippen molar-refractivity contribution in [2.75, 3.05) is 6.79 Å². The highest BCUT2D eigenvalue weighted by Crippen LogP contribution is 2.16. The van der Waals surface area contributed by atoms with E-state index in [0.29, 0.717) is 11.3 Å². The summed E-state index contributed by atoms with van der Waals surface area (Å²) < 4.78 is 10.7. The van der Waals surface area contributed by atoms with Gasteiger partial charge in [-0.05, 0) is 24.3 Å². The second-order valence-electron chi connectivity index (χ2n) is 3.38. The van der Waals surface area contributed by atoms with E-state index in [1.54, 1.807) is 18.2 Å². The summed E-state index contributed by atoms with van der Waals surface area (Å²) in [6, 6.07) is 16.4. The highest BCUT2D eigenvalue weighted by Gasteiger charge is 2.01. The first kappa shape index (κ1) is 11.2. The Bertz CT molecular complexity index is 480. The molecule has 0 fully saturated rings. The number of para-hydroxylation sites is 2. The maximum atomic E-state index is 10.7. The van der Waals surface area contributed by atoms with Gasteiger partial charge in [-0.25, -0.2) is 0 Å². The summed E-state index contributed by atoms with van der Waals surface area (Å²) >= 11 is 0. The molecule has 86 valence electrons. The number of carbonyl (C=O) groups is 1. The molecule has 0 spiro atoms. The van der Waals surface area contributed by atoms with Crippen molar-refractivity contribution in [1.82, 2.24) is 0 Å². The number of ether oxygens (including phenoxy) is 2. The molecule has 0 aliphatic rings. The lowest BCUT2D eigenvalue weighted by atomic mass is 10.2. The Hall–Kier alpha value is -2.29. The molecule has 0 saturated carbocycles. The molecule has 0 saturated heterocycles. The standard InChI is InChI=1S/C14H12O3/c15-10-12-6-4-5-9-14(12)17-11-16-13-7-2-1-3-8-13/h1-10H,11H2. The van der Waals surface area contributed by atoms with E-state index < -0.39 is 0 Å². The molecule has 3 heteroatoms. The lowest BCUT2D eigenvalue weighted by Crippen LogP contribution is -2.06. The van der Waals surface area contributed by atoms with Crippen LogP contribution >= 0.6 is 0 Å². The van der Waals surface area contributed by atoms with Crippen molar-refractivity contribution >= 4 is 6.29 Å². The van der Waals surface area contributed by atoms with Gasteiger partial charge in [0, 0.05) is 0 Å². The van der Waals surface area contributed by atoms with Gasteiger partial charge in [0.15, 0.2) is 6.29 Å². The first-order valence-electron chi connectivity index (χ1n) is 5.25. The van der Waals surface area contributed by atoms with Crippen LogP contribution in [-0.4, -0.2) is 13.1 Å². The molecule has 3 nitrogen and oxygen atoms in total. The zero-order valence-corrected chi connectivity index (χ0v) is 9.21. The summed E-state index contributed by atoms with van der Waals surface area (Å²) in [7, 11) is 0. The van der Waals surface area contributed by atoms with Crippen LogP contribution in [0.4, 0.5) is 0 Å². The molecular formula is C14H12O3. The fourth-order valence-corrected chi connectivity index (χ4v) is 1.39. The molecule has 0 amide bonds. The van der Waals surface area contributed by atoms with Crippen LogP contribution in [0, 0.1) is 0 Å². The van der Waals surface area contributed by atoms with E-state index in [-0.39, 0.29) is 6.79 Å². The SMILES string of the molecule is O=Cc1ccccc1OCOc1ccccc1. The maximum absolute atomic E-state index is 10.7. The summed E-state index contributed by atoms with van der Waals surface area (Å²) in [6.45, 7) is 0.0782. The van der Waals surface area contributed by atoms with Gasteiger partial charge in [-0.15, -0.1) is 0 Å². The normalized spacial score (nSPS) is 9.65. The van der Waals surface area contributed by atoms with Gasteiger partial charge in [0.25, 0.3) is 0 Å². The average Bonchev–Trinajstić information content (AvgIpc) is 2.40. The van der Waals surface area contributed by atoms with Crippen LogP contribution in [0.5, 0.6) is 11.5 Å². The molecule has 0 bridgehead atoms. The minimum Gasteiger partial charge on any atom is -0.458 e. The molecule has 2 aromatic carbocycles. The van der Waals surface area contributed by atoms with Crippen molar-refractivity contribution in [3.05, 3.63) is 60.2 Å². The number of aldehydes is 1. The predicted molar refractivity (Wildman–Crippen MR) is 64.4 cm³/mol. The van der Waals surface area contributed by atoms with Crippen molar-refractivity contribution in [3.63, 3.8) is 0 Å². The molecular weight excluding hydrogens is 216 g/mol. The predicted octanol–water partition coefficient (Wildman–Crippen LogP) is 2.91. The summed E-state index contributed by atoms with van der Waals surface area (Å²) in [6.07, 6.45) is 0.762. The quantitative estimate of drug-likeness (QED) is 0.583. The molecule has 17 heavy (non-hydrogen) atoms. The molecule has 0 aliphatic heterocycles. The third-order valence-electron chi connectivity index (χ3n) is 2.23. The Morgan fingerprint density at radius 1 is 0.882 bits per heavy atom. The van der Waals surface area contributed by atoms with Crippen molar-refractivity contribution in [1.29, 1.82) is 0 Å². The molecule has 2 rings (SSSR count). The van der Waals surface area contributed by atoms with E-state index in [9.17, 15) is 4.79 Å². The van der Waals surface area contributed by atoms with Crippen molar-refractivity contribution in [2.24, 2.45) is 0 Å². The third-order valence-corrected chi connectivity index (χ3v) is 2.23. The van der Waals surface area contributed by atoms with Crippen LogP contribution in [0.15, 0.2) is 54.6 Å². The van der Waals surface area contributed by atoms with Crippen LogP contribution in [0.1, 0.15) is 10.4 Å². The lowest BCUT2D eigenvalue weighted by molar-refractivity contribution is 0.108. The average molecular weight is 228 g/mol. The smallest absolute Gasteiger partial charge is 0.230 e. The van der Waals surface area contributed by atoms with Gasteiger partial charge < -0.3 is 9.47 Å². The Kier molecular flexibility index (Phi) is 3.76. The van der Waals surface area contributed by atoms with Crippen LogP contribution in [0.25, 0.3) is 0 Å². The highest BCUT2D eigenvalue weighted by atomic mass is 16.7. The van der Waals surface area contributed by atoms with E-state index >= 15 is 0 Å². The Labute approximate surface area is 99.6 Å². The minimum absolute atomic E-state index is 0.0782.